The van der Waals surface area contributed by atoms with Gasteiger partial charge in [-0.05, 0) is 13.5 Å². The second kappa shape index (κ2) is 6.57. The molecule has 104 valence electrons. The second-order valence-corrected chi connectivity index (χ2v) is 7.39. The first-order chi connectivity index (χ1) is 8.33. The highest BCUT2D eigenvalue weighted by atomic mass is 32.2. The molecule has 5 heteroatoms. The maximum absolute atomic E-state index is 5.34. The van der Waals surface area contributed by atoms with Crippen molar-refractivity contribution in [3.63, 3.8) is 0 Å². The predicted molar refractivity (Wildman–Crippen MR) is 76.9 cm³/mol. The van der Waals surface area contributed by atoms with E-state index in [0.717, 1.165) is 24.0 Å². The molecule has 0 aliphatic carbocycles. The van der Waals surface area contributed by atoms with Crippen molar-refractivity contribution in [1.29, 1.82) is 0 Å². The number of nitrogens with zero attached hydrogens (tertiary/aromatic N) is 2. The highest BCUT2D eigenvalue weighted by Crippen LogP contribution is 2.27. The number of thioether (sulfide) groups is 1. The summed E-state index contributed by atoms with van der Waals surface area (Å²) in [7, 11) is 0. The monoisotopic (exact) mass is 271 g/mol. The minimum atomic E-state index is 0.226. The Kier molecular flexibility index (Phi) is 5.66. The lowest BCUT2D eigenvalue weighted by Gasteiger charge is -2.16. The lowest BCUT2D eigenvalue weighted by Crippen LogP contribution is -2.30. The number of rotatable bonds is 6. The van der Waals surface area contributed by atoms with Crippen LogP contribution in [-0.4, -0.2) is 27.5 Å². The average molecular weight is 271 g/mol. The minimum Gasteiger partial charge on any atom is -0.339 e. The maximum atomic E-state index is 5.34. The van der Waals surface area contributed by atoms with E-state index in [1.54, 1.807) is 0 Å². The van der Waals surface area contributed by atoms with Crippen molar-refractivity contribution < 1.29 is 4.52 Å². The molecule has 0 saturated heterocycles. The molecular weight excluding hydrogens is 246 g/mol. The Balaban J connectivity index is 2.57. The summed E-state index contributed by atoms with van der Waals surface area (Å²) in [6.45, 7) is 13.9. The first-order valence-corrected chi connectivity index (χ1v) is 7.52. The number of aromatic nitrogens is 2. The molecule has 1 heterocycles. The highest BCUT2D eigenvalue weighted by molar-refractivity contribution is 7.99. The molecule has 1 aromatic rings. The molecule has 0 bridgehead atoms. The maximum Gasteiger partial charge on any atom is 0.231 e. The molecule has 0 saturated carbocycles. The topological polar surface area (TPSA) is 51.0 Å². The van der Waals surface area contributed by atoms with Crippen molar-refractivity contribution in [3.05, 3.63) is 11.7 Å². The number of likely N-dealkylation sites (N-methyl/N-ethyl adjacent to an activating group) is 1. The largest absolute Gasteiger partial charge is 0.339 e. The molecule has 1 N–H and O–H groups in total. The van der Waals surface area contributed by atoms with E-state index >= 15 is 0 Å². The SMILES string of the molecule is CCNC(C)C(C)c1nc(CSC(C)(C)C)no1. The van der Waals surface area contributed by atoms with Crippen LogP contribution in [0.2, 0.25) is 0 Å². The fraction of sp³-hybridized carbons (Fsp3) is 0.846. The van der Waals surface area contributed by atoms with E-state index in [9.17, 15) is 0 Å². The van der Waals surface area contributed by atoms with Gasteiger partial charge in [0.2, 0.25) is 5.89 Å². The van der Waals surface area contributed by atoms with Gasteiger partial charge in [0.05, 0.1) is 11.7 Å². The summed E-state index contributed by atoms with van der Waals surface area (Å²) < 4.78 is 5.57. The molecule has 0 radical (unpaired) electrons. The summed E-state index contributed by atoms with van der Waals surface area (Å²) in [6.07, 6.45) is 0. The molecular formula is C13H25N3OS. The van der Waals surface area contributed by atoms with Crippen LogP contribution >= 0.6 is 11.8 Å². The normalized spacial score (nSPS) is 15.7. The molecule has 18 heavy (non-hydrogen) atoms. The van der Waals surface area contributed by atoms with Gasteiger partial charge in [-0.25, -0.2) is 0 Å². The van der Waals surface area contributed by atoms with Crippen LogP contribution in [0, 0.1) is 0 Å². The molecule has 0 aliphatic rings. The first-order valence-electron chi connectivity index (χ1n) is 6.53. The third-order valence-electron chi connectivity index (χ3n) is 2.78. The Bertz CT molecular complexity index is 359. The van der Waals surface area contributed by atoms with Crippen molar-refractivity contribution in [2.45, 2.75) is 64.0 Å². The van der Waals surface area contributed by atoms with Gasteiger partial charge in [-0.1, -0.05) is 39.8 Å². The van der Waals surface area contributed by atoms with Gasteiger partial charge in [-0.3, -0.25) is 0 Å². The average Bonchev–Trinajstić information content (AvgIpc) is 2.73. The van der Waals surface area contributed by atoms with Crippen molar-refractivity contribution in [2.75, 3.05) is 6.54 Å². The molecule has 2 atom stereocenters. The van der Waals surface area contributed by atoms with Crippen LogP contribution in [0.4, 0.5) is 0 Å². The van der Waals surface area contributed by atoms with E-state index in [1.807, 2.05) is 11.8 Å². The molecule has 0 aliphatic heterocycles. The van der Waals surface area contributed by atoms with Crippen LogP contribution in [0.5, 0.6) is 0 Å². The zero-order valence-corrected chi connectivity index (χ0v) is 13.1. The Hall–Kier alpha value is -0.550. The Morgan fingerprint density at radius 2 is 2.00 bits per heavy atom. The predicted octanol–water partition coefficient (Wildman–Crippen LogP) is 3.20. The van der Waals surface area contributed by atoms with Gasteiger partial charge in [0.1, 0.15) is 0 Å². The van der Waals surface area contributed by atoms with Crippen molar-refractivity contribution in [3.8, 4) is 0 Å². The third kappa shape index (κ3) is 4.98. The molecule has 1 rings (SSSR count). The van der Waals surface area contributed by atoms with Crippen molar-refractivity contribution in [1.82, 2.24) is 15.5 Å². The Morgan fingerprint density at radius 3 is 2.56 bits per heavy atom. The van der Waals surface area contributed by atoms with Crippen molar-refractivity contribution in [2.24, 2.45) is 0 Å². The Labute approximate surface area is 114 Å². The third-order valence-corrected chi connectivity index (χ3v) is 4.05. The number of hydrogen-bond acceptors (Lipinski definition) is 5. The van der Waals surface area contributed by atoms with Gasteiger partial charge >= 0.3 is 0 Å². The highest BCUT2D eigenvalue weighted by Gasteiger charge is 2.20. The number of nitrogens with one attached hydrogen (secondary N) is 1. The minimum absolute atomic E-state index is 0.226. The number of hydrogen-bond donors (Lipinski definition) is 1. The lowest BCUT2D eigenvalue weighted by atomic mass is 10.0. The van der Waals surface area contributed by atoms with E-state index < -0.39 is 0 Å². The van der Waals surface area contributed by atoms with Crippen LogP contribution in [0.3, 0.4) is 0 Å². The smallest absolute Gasteiger partial charge is 0.231 e. The fourth-order valence-electron chi connectivity index (χ4n) is 1.50. The van der Waals surface area contributed by atoms with Crippen molar-refractivity contribution >= 4 is 11.8 Å². The van der Waals surface area contributed by atoms with Gasteiger partial charge in [0, 0.05) is 10.8 Å². The quantitative estimate of drug-likeness (QED) is 0.861. The van der Waals surface area contributed by atoms with Crippen LogP contribution in [0.25, 0.3) is 0 Å². The lowest BCUT2D eigenvalue weighted by molar-refractivity contribution is 0.330. The van der Waals surface area contributed by atoms with Gasteiger partial charge in [-0.15, -0.1) is 11.8 Å². The molecule has 2 unspecified atom stereocenters. The van der Waals surface area contributed by atoms with Gasteiger partial charge in [0.25, 0.3) is 0 Å². The zero-order valence-electron chi connectivity index (χ0n) is 12.3. The summed E-state index contributed by atoms with van der Waals surface area (Å²) in [4.78, 5) is 4.48. The van der Waals surface area contributed by atoms with Gasteiger partial charge < -0.3 is 9.84 Å². The van der Waals surface area contributed by atoms with E-state index in [0.29, 0.717) is 6.04 Å². The molecule has 1 aromatic heterocycles. The van der Waals surface area contributed by atoms with Crippen LogP contribution in [0.15, 0.2) is 4.52 Å². The summed E-state index contributed by atoms with van der Waals surface area (Å²) in [5, 5.41) is 7.42. The summed E-state index contributed by atoms with van der Waals surface area (Å²) in [5.74, 6) is 2.56. The first kappa shape index (κ1) is 15.5. The summed E-state index contributed by atoms with van der Waals surface area (Å²) in [6, 6.07) is 0.346. The van der Waals surface area contributed by atoms with Gasteiger partial charge in [-0.2, -0.15) is 4.98 Å². The van der Waals surface area contributed by atoms with Gasteiger partial charge in [0.15, 0.2) is 5.82 Å². The second-order valence-electron chi connectivity index (χ2n) is 5.58. The molecule has 0 spiro atoms. The fourth-order valence-corrected chi connectivity index (χ4v) is 2.18. The molecule has 4 nitrogen and oxygen atoms in total. The summed E-state index contributed by atoms with van der Waals surface area (Å²) in [5.41, 5.74) is 0. The zero-order chi connectivity index (χ0) is 13.8. The summed E-state index contributed by atoms with van der Waals surface area (Å²) >= 11 is 1.83. The van der Waals surface area contributed by atoms with E-state index in [1.165, 1.54) is 0 Å². The van der Waals surface area contributed by atoms with Crippen LogP contribution in [-0.2, 0) is 5.75 Å². The van der Waals surface area contributed by atoms with E-state index in [-0.39, 0.29) is 10.7 Å². The van der Waals surface area contributed by atoms with E-state index in [4.69, 9.17) is 4.52 Å². The van der Waals surface area contributed by atoms with Crippen LogP contribution < -0.4 is 5.32 Å². The Morgan fingerprint density at radius 1 is 1.33 bits per heavy atom. The standard InChI is InChI=1S/C13H25N3OS/c1-7-14-10(3)9(2)12-15-11(16-17-12)8-18-13(4,5)6/h9-10,14H,7-8H2,1-6H3. The molecule has 0 fully saturated rings. The molecule has 0 amide bonds. The molecule has 0 aromatic carbocycles. The van der Waals surface area contributed by atoms with Crippen LogP contribution in [0.1, 0.15) is 59.2 Å². The van der Waals surface area contributed by atoms with E-state index in [2.05, 4.69) is 57.0 Å².